The summed E-state index contributed by atoms with van der Waals surface area (Å²) in [6.45, 7) is 3.96. The van der Waals surface area contributed by atoms with Gasteiger partial charge in [-0.2, -0.15) is 0 Å². The molecule has 4 nitrogen and oxygen atoms in total. The van der Waals surface area contributed by atoms with Crippen molar-refractivity contribution in [2.45, 2.75) is 20.3 Å². The summed E-state index contributed by atoms with van der Waals surface area (Å²) in [6, 6.07) is 5.34. The normalized spacial score (nSPS) is 10.3. The SMILES string of the molecule is CC/C=C/NC(=O)Nc1cc(C)ccc1OC. The molecular weight excluding hydrogens is 216 g/mol. The van der Waals surface area contributed by atoms with E-state index in [1.54, 1.807) is 13.3 Å². The number of hydrogen-bond acceptors (Lipinski definition) is 2. The summed E-state index contributed by atoms with van der Waals surface area (Å²) in [5.41, 5.74) is 1.72. The summed E-state index contributed by atoms with van der Waals surface area (Å²) >= 11 is 0. The number of carbonyl (C=O) groups is 1. The van der Waals surface area contributed by atoms with Crippen LogP contribution in [-0.2, 0) is 0 Å². The number of hydrogen-bond donors (Lipinski definition) is 2. The van der Waals surface area contributed by atoms with Crippen molar-refractivity contribution in [1.82, 2.24) is 5.32 Å². The molecule has 17 heavy (non-hydrogen) atoms. The summed E-state index contributed by atoms with van der Waals surface area (Å²) in [5.74, 6) is 0.644. The number of carbonyl (C=O) groups excluding carboxylic acids is 1. The highest BCUT2D eigenvalue weighted by atomic mass is 16.5. The van der Waals surface area contributed by atoms with Crippen molar-refractivity contribution in [2.24, 2.45) is 0 Å². The zero-order valence-electron chi connectivity index (χ0n) is 10.4. The van der Waals surface area contributed by atoms with Gasteiger partial charge in [0.05, 0.1) is 12.8 Å². The number of ether oxygens (including phenoxy) is 1. The molecule has 2 N–H and O–H groups in total. The third kappa shape index (κ3) is 4.18. The minimum absolute atomic E-state index is 0.279. The third-order valence-electron chi connectivity index (χ3n) is 2.17. The summed E-state index contributed by atoms with van der Waals surface area (Å²) < 4.78 is 5.17. The summed E-state index contributed by atoms with van der Waals surface area (Å²) in [5, 5.41) is 5.35. The lowest BCUT2D eigenvalue weighted by Gasteiger charge is -2.10. The highest BCUT2D eigenvalue weighted by Gasteiger charge is 2.05. The van der Waals surface area contributed by atoms with E-state index in [9.17, 15) is 4.79 Å². The van der Waals surface area contributed by atoms with E-state index in [0.29, 0.717) is 11.4 Å². The predicted octanol–water partition coefficient (Wildman–Crippen LogP) is 3.05. The van der Waals surface area contributed by atoms with Crippen LogP contribution in [0.1, 0.15) is 18.9 Å². The molecule has 0 radical (unpaired) electrons. The van der Waals surface area contributed by atoms with Gasteiger partial charge in [-0.25, -0.2) is 4.79 Å². The van der Waals surface area contributed by atoms with Gasteiger partial charge in [-0.3, -0.25) is 0 Å². The molecule has 0 aliphatic rings. The lowest BCUT2D eigenvalue weighted by Crippen LogP contribution is -2.24. The van der Waals surface area contributed by atoms with Crippen molar-refractivity contribution in [2.75, 3.05) is 12.4 Å². The second-order valence-electron chi connectivity index (χ2n) is 3.61. The fourth-order valence-electron chi connectivity index (χ4n) is 1.33. The van der Waals surface area contributed by atoms with E-state index in [1.807, 2.05) is 38.1 Å². The predicted molar refractivity (Wildman–Crippen MR) is 69.3 cm³/mol. The lowest BCUT2D eigenvalue weighted by atomic mass is 10.2. The fourth-order valence-corrected chi connectivity index (χ4v) is 1.33. The summed E-state index contributed by atoms with van der Waals surface area (Å²) in [7, 11) is 1.57. The van der Waals surface area contributed by atoms with Crippen LogP contribution in [0.4, 0.5) is 10.5 Å². The molecule has 0 saturated heterocycles. The number of anilines is 1. The maximum atomic E-state index is 11.5. The van der Waals surface area contributed by atoms with E-state index < -0.39 is 0 Å². The minimum atomic E-state index is -0.279. The van der Waals surface area contributed by atoms with Crippen LogP contribution in [0, 0.1) is 6.92 Å². The molecule has 0 atom stereocenters. The molecule has 0 spiro atoms. The van der Waals surface area contributed by atoms with Gasteiger partial charge in [-0.05, 0) is 31.0 Å². The Morgan fingerprint density at radius 3 is 2.88 bits per heavy atom. The third-order valence-corrected chi connectivity index (χ3v) is 2.17. The van der Waals surface area contributed by atoms with Crippen molar-refractivity contribution in [1.29, 1.82) is 0 Å². The van der Waals surface area contributed by atoms with Crippen LogP contribution in [0.15, 0.2) is 30.5 Å². The summed E-state index contributed by atoms with van der Waals surface area (Å²) in [6.07, 6.45) is 4.37. The van der Waals surface area contributed by atoms with Gasteiger partial charge in [0.2, 0.25) is 0 Å². The van der Waals surface area contributed by atoms with Crippen LogP contribution in [0.25, 0.3) is 0 Å². The van der Waals surface area contributed by atoms with Crippen molar-refractivity contribution >= 4 is 11.7 Å². The van der Waals surface area contributed by atoms with Gasteiger partial charge in [0.25, 0.3) is 0 Å². The molecule has 0 saturated carbocycles. The number of allylic oxidation sites excluding steroid dienone is 1. The number of rotatable bonds is 4. The average Bonchev–Trinajstić information content (AvgIpc) is 2.29. The number of nitrogens with one attached hydrogen (secondary N) is 2. The van der Waals surface area contributed by atoms with Gasteiger partial charge in [-0.15, -0.1) is 0 Å². The molecule has 0 aromatic heterocycles. The molecule has 0 unspecified atom stereocenters. The molecule has 2 amide bonds. The largest absolute Gasteiger partial charge is 0.495 e. The van der Waals surface area contributed by atoms with E-state index >= 15 is 0 Å². The number of urea groups is 1. The Morgan fingerprint density at radius 1 is 1.47 bits per heavy atom. The van der Waals surface area contributed by atoms with Crippen LogP contribution in [-0.4, -0.2) is 13.1 Å². The molecule has 1 rings (SSSR count). The summed E-state index contributed by atoms with van der Waals surface area (Å²) in [4.78, 5) is 11.5. The molecule has 0 aliphatic carbocycles. The van der Waals surface area contributed by atoms with Crippen LogP contribution < -0.4 is 15.4 Å². The van der Waals surface area contributed by atoms with E-state index in [-0.39, 0.29) is 6.03 Å². The first-order chi connectivity index (χ1) is 8.17. The topological polar surface area (TPSA) is 50.4 Å². The van der Waals surface area contributed by atoms with Crippen LogP contribution >= 0.6 is 0 Å². The van der Waals surface area contributed by atoms with E-state index in [4.69, 9.17) is 4.74 Å². The van der Waals surface area contributed by atoms with Crippen LogP contribution in [0.3, 0.4) is 0 Å². The fraction of sp³-hybridized carbons (Fsp3) is 0.308. The van der Waals surface area contributed by atoms with Crippen molar-refractivity contribution in [3.8, 4) is 5.75 Å². The first-order valence-electron chi connectivity index (χ1n) is 5.54. The van der Waals surface area contributed by atoms with Gasteiger partial charge in [0, 0.05) is 6.20 Å². The first-order valence-corrected chi connectivity index (χ1v) is 5.54. The van der Waals surface area contributed by atoms with E-state index in [0.717, 1.165) is 12.0 Å². The average molecular weight is 234 g/mol. The van der Waals surface area contributed by atoms with Crippen LogP contribution in [0.5, 0.6) is 5.75 Å². The minimum Gasteiger partial charge on any atom is -0.495 e. The van der Waals surface area contributed by atoms with Gasteiger partial charge < -0.3 is 15.4 Å². The van der Waals surface area contributed by atoms with Crippen molar-refractivity contribution < 1.29 is 9.53 Å². The zero-order chi connectivity index (χ0) is 12.7. The zero-order valence-corrected chi connectivity index (χ0v) is 10.4. The van der Waals surface area contributed by atoms with Gasteiger partial charge in [0.1, 0.15) is 5.75 Å². The van der Waals surface area contributed by atoms with Gasteiger partial charge in [0.15, 0.2) is 0 Å². The van der Waals surface area contributed by atoms with Gasteiger partial charge >= 0.3 is 6.03 Å². The highest BCUT2D eigenvalue weighted by Crippen LogP contribution is 2.24. The Morgan fingerprint density at radius 2 is 2.24 bits per heavy atom. The Bertz CT molecular complexity index is 414. The molecular formula is C13H18N2O2. The molecule has 0 heterocycles. The standard InChI is InChI=1S/C13H18N2O2/c1-4-5-8-14-13(16)15-11-9-10(2)6-7-12(11)17-3/h5-9H,4H2,1-3H3,(H2,14,15,16)/b8-5+. The Balaban J connectivity index is 2.70. The van der Waals surface area contributed by atoms with Crippen molar-refractivity contribution in [3.05, 3.63) is 36.0 Å². The molecule has 0 fully saturated rings. The van der Waals surface area contributed by atoms with Crippen molar-refractivity contribution in [3.63, 3.8) is 0 Å². The van der Waals surface area contributed by atoms with E-state index in [2.05, 4.69) is 10.6 Å². The Hall–Kier alpha value is -1.97. The number of benzene rings is 1. The first kappa shape index (κ1) is 13.1. The van der Waals surface area contributed by atoms with E-state index in [1.165, 1.54) is 0 Å². The molecule has 0 aliphatic heterocycles. The molecule has 0 bridgehead atoms. The Labute approximate surface area is 102 Å². The monoisotopic (exact) mass is 234 g/mol. The quantitative estimate of drug-likeness (QED) is 0.841. The highest BCUT2D eigenvalue weighted by molar-refractivity contribution is 5.91. The molecule has 1 aromatic carbocycles. The molecule has 1 aromatic rings. The molecule has 92 valence electrons. The maximum Gasteiger partial charge on any atom is 0.323 e. The van der Waals surface area contributed by atoms with Crippen LogP contribution in [0.2, 0.25) is 0 Å². The lowest BCUT2D eigenvalue weighted by molar-refractivity contribution is 0.255. The van der Waals surface area contributed by atoms with Gasteiger partial charge in [-0.1, -0.05) is 19.1 Å². The Kier molecular flexibility index (Phi) is 5.07. The second kappa shape index (κ2) is 6.58. The number of amides is 2. The molecule has 4 heteroatoms. The smallest absolute Gasteiger partial charge is 0.323 e. The number of aryl methyl sites for hydroxylation is 1. The maximum absolute atomic E-state index is 11.5. The second-order valence-corrected chi connectivity index (χ2v) is 3.61. The number of methoxy groups -OCH3 is 1.